The van der Waals surface area contributed by atoms with Crippen LogP contribution in [0.5, 0.6) is 11.5 Å². The van der Waals surface area contributed by atoms with E-state index in [1.807, 2.05) is 0 Å². The second-order valence-electron chi connectivity index (χ2n) is 11.4. The monoisotopic (exact) mass is 522 g/mol. The molecule has 1 atom stereocenters. The molecule has 0 radical (unpaired) electrons. The molecule has 192 valence electrons. The van der Waals surface area contributed by atoms with Crippen LogP contribution in [0.3, 0.4) is 0 Å². The zero-order chi connectivity index (χ0) is 27.1. The number of hydrogen-bond acceptors (Lipinski definition) is 1. The van der Waals surface area contributed by atoms with Crippen LogP contribution in [0, 0.1) is 0 Å². The molecule has 0 bridgehead atoms. The summed E-state index contributed by atoms with van der Waals surface area (Å²) in [6, 6.07) is 50.9. The molecule has 0 saturated carbocycles. The van der Waals surface area contributed by atoms with Gasteiger partial charge in [-0.15, -0.1) is 0 Å². The third-order valence-corrected chi connectivity index (χ3v) is 9.32. The van der Waals surface area contributed by atoms with Gasteiger partial charge in [0.05, 0.1) is 0 Å². The molecule has 41 heavy (non-hydrogen) atoms. The van der Waals surface area contributed by atoms with Gasteiger partial charge in [0.25, 0.3) is 0 Å². The maximum atomic E-state index is 6.39. The van der Waals surface area contributed by atoms with Gasteiger partial charge in [0.1, 0.15) is 11.5 Å². The van der Waals surface area contributed by atoms with Crippen molar-refractivity contribution in [1.29, 1.82) is 0 Å². The fourth-order valence-corrected chi connectivity index (χ4v) is 7.36. The van der Waals surface area contributed by atoms with Gasteiger partial charge < -0.3 is 4.74 Å². The minimum atomic E-state index is -0.273. The summed E-state index contributed by atoms with van der Waals surface area (Å²) < 4.78 is 6.39. The lowest BCUT2D eigenvalue weighted by Gasteiger charge is -2.30. The lowest BCUT2D eigenvalue weighted by Crippen LogP contribution is -2.22. The molecule has 1 heterocycles. The smallest absolute Gasteiger partial charge is 0.135 e. The first-order chi connectivity index (χ1) is 20.2. The fourth-order valence-electron chi connectivity index (χ4n) is 7.36. The van der Waals surface area contributed by atoms with Crippen LogP contribution < -0.4 is 4.74 Å². The van der Waals surface area contributed by atoms with Crippen molar-refractivity contribution in [1.82, 2.24) is 0 Å². The van der Waals surface area contributed by atoms with E-state index in [1.165, 1.54) is 66.1 Å². The van der Waals surface area contributed by atoms with Crippen molar-refractivity contribution in [2.45, 2.75) is 12.3 Å². The van der Waals surface area contributed by atoms with Crippen LogP contribution in [0.25, 0.3) is 54.9 Å². The summed E-state index contributed by atoms with van der Waals surface area (Å²) in [5.74, 6) is 1.84. The summed E-state index contributed by atoms with van der Waals surface area (Å²) in [5.41, 5.74) is 11.2. The van der Waals surface area contributed by atoms with Crippen molar-refractivity contribution in [3.8, 4) is 44.9 Å². The Labute approximate surface area is 239 Å². The van der Waals surface area contributed by atoms with Crippen LogP contribution in [0.1, 0.15) is 23.6 Å². The highest BCUT2D eigenvalue weighted by Gasteiger charge is 2.42. The molecule has 0 fully saturated rings. The Morgan fingerprint density at radius 2 is 1.22 bits per heavy atom. The Hall–Kier alpha value is -5.14. The predicted octanol–water partition coefficient (Wildman–Crippen LogP) is 10.8. The molecule has 1 aliphatic carbocycles. The molecule has 1 heteroatoms. The van der Waals surface area contributed by atoms with Gasteiger partial charge in [0.15, 0.2) is 0 Å². The highest BCUT2D eigenvalue weighted by molar-refractivity contribution is 6.05. The molecule has 7 aromatic carbocycles. The van der Waals surface area contributed by atoms with Crippen LogP contribution in [0.2, 0.25) is 0 Å². The highest BCUT2D eigenvalue weighted by atomic mass is 16.5. The van der Waals surface area contributed by atoms with Gasteiger partial charge in [0.2, 0.25) is 0 Å². The van der Waals surface area contributed by atoms with Crippen LogP contribution in [0.4, 0.5) is 0 Å². The van der Waals surface area contributed by atoms with E-state index in [1.54, 1.807) is 0 Å². The Kier molecular flexibility index (Phi) is 4.52. The molecule has 0 spiro atoms. The summed E-state index contributed by atoms with van der Waals surface area (Å²) in [5, 5.41) is 5.00. The minimum absolute atomic E-state index is 0.273. The molecule has 0 N–H and O–H groups in total. The van der Waals surface area contributed by atoms with E-state index in [0.29, 0.717) is 0 Å². The Morgan fingerprint density at radius 1 is 0.488 bits per heavy atom. The van der Waals surface area contributed by atoms with E-state index in [2.05, 4.69) is 146 Å². The topological polar surface area (TPSA) is 9.23 Å². The van der Waals surface area contributed by atoms with Crippen LogP contribution in [-0.2, 0) is 5.41 Å². The summed E-state index contributed by atoms with van der Waals surface area (Å²) in [7, 11) is 0. The first-order valence-corrected chi connectivity index (χ1v) is 14.3. The van der Waals surface area contributed by atoms with Gasteiger partial charge in [0, 0.05) is 16.4 Å². The van der Waals surface area contributed by atoms with E-state index < -0.39 is 0 Å². The van der Waals surface area contributed by atoms with Crippen LogP contribution in [-0.4, -0.2) is 0 Å². The number of benzene rings is 7. The van der Waals surface area contributed by atoms with Crippen LogP contribution >= 0.6 is 0 Å². The maximum absolute atomic E-state index is 6.39. The molecule has 7 aromatic rings. The van der Waals surface area contributed by atoms with E-state index >= 15 is 0 Å². The van der Waals surface area contributed by atoms with Crippen molar-refractivity contribution < 1.29 is 4.74 Å². The maximum Gasteiger partial charge on any atom is 0.135 e. The molecule has 1 unspecified atom stereocenters. The predicted molar refractivity (Wildman–Crippen MR) is 170 cm³/mol. The summed E-state index contributed by atoms with van der Waals surface area (Å²) in [6.45, 7) is 2.40. The minimum Gasteiger partial charge on any atom is -0.456 e. The number of rotatable bonds is 2. The number of hydrogen-bond donors (Lipinski definition) is 0. The Bertz CT molecular complexity index is 2180. The summed E-state index contributed by atoms with van der Waals surface area (Å²) in [4.78, 5) is 0. The fraction of sp³-hybridized carbons (Fsp3) is 0.0500. The van der Waals surface area contributed by atoms with E-state index in [4.69, 9.17) is 4.74 Å². The average molecular weight is 523 g/mol. The molecule has 9 rings (SSSR count). The van der Waals surface area contributed by atoms with E-state index in [9.17, 15) is 0 Å². The Morgan fingerprint density at radius 3 is 2.12 bits per heavy atom. The molecule has 0 saturated heterocycles. The van der Waals surface area contributed by atoms with Gasteiger partial charge >= 0.3 is 0 Å². The largest absolute Gasteiger partial charge is 0.456 e. The molecule has 2 aliphatic rings. The van der Waals surface area contributed by atoms with Gasteiger partial charge in [-0.2, -0.15) is 0 Å². The van der Waals surface area contributed by atoms with Gasteiger partial charge in [-0.3, -0.25) is 0 Å². The molecule has 1 aliphatic heterocycles. The first-order valence-electron chi connectivity index (χ1n) is 14.3. The van der Waals surface area contributed by atoms with E-state index in [0.717, 1.165) is 17.1 Å². The SMILES string of the molecule is CC1(c2ccccc2)c2cc(-c3ccc4c(c3)-c3cccc5cccc(c35)O4)ccc2-c2ccc3ccccc3c21. The van der Waals surface area contributed by atoms with Crippen molar-refractivity contribution in [3.63, 3.8) is 0 Å². The average Bonchev–Trinajstić information content (AvgIpc) is 3.30. The zero-order valence-electron chi connectivity index (χ0n) is 22.7. The molecule has 0 amide bonds. The second-order valence-corrected chi connectivity index (χ2v) is 11.4. The third kappa shape index (κ3) is 3.06. The van der Waals surface area contributed by atoms with Crippen molar-refractivity contribution in [3.05, 3.63) is 156 Å². The molecular formula is C40H26O. The lowest BCUT2D eigenvalue weighted by atomic mass is 9.72. The number of fused-ring (bicyclic) bond motifs is 7. The van der Waals surface area contributed by atoms with E-state index in [-0.39, 0.29) is 5.41 Å². The van der Waals surface area contributed by atoms with Crippen molar-refractivity contribution >= 4 is 21.5 Å². The van der Waals surface area contributed by atoms with Crippen LogP contribution in [0.15, 0.2) is 140 Å². The summed E-state index contributed by atoms with van der Waals surface area (Å²) in [6.07, 6.45) is 0. The number of ether oxygens (including phenoxy) is 1. The molecule has 1 nitrogen and oxygen atoms in total. The van der Waals surface area contributed by atoms with Gasteiger partial charge in [-0.05, 0) is 91.9 Å². The highest BCUT2D eigenvalue weighted by Crippen LogP contribution is 2.55. The lowest BCUT2D eigenvalue weighted by molar-refractivity contribution is 0.487. The van der Waals surface area contributed by atoms with Crippen molar-refractivity contribution in [2.75, 3.05) is 0 Å². The normalized spacial score (nSPS) is 16.2. The molecular weight excluding hydrogens is 496 g/mol. The zero-order valence-corrected chi connectivity index (χ0v) is 22.7. The van der Waals surface area contributed by atoms with Gasteiger partial charge in [-0.25, -0.2) is 0 Å². The first kappa shape index (κ1) is 22.7. The summed E-state index contributed by atoms with van der Waals surface area (Å²) >= 11 is 0. The second kappa shape index (κ2) is 8.19. The quantitative estimate of drug-likeness (QED) is 0.219. The standard InChI is InChI=1S/C40H26O/c1-40(29-12-3-2-4-13-29)35-24-28(18-20-31(35)33-21-17-25-9-5-6-14-30(25)39(33)40)27-19-22-36-34(23-27)32-15-7-10-26-11-8-16-37(41-36)38(26)32/h2-24H,1H3. The Balaban J connectivity index is 1.27. The van der Waals surface area contributed by atoms with Gasteiger partial charge in [-0.1, -0.05) is 115 Å². The third-order valence-electron chi connectivity index (χ3n) is 9.32. The van der Waals surface area contributed by atoms with Crippen molar-refractivity contribution in [2.24, 2.45) is 0 Å². The molecule has 0 aromatic heterocycles.